The molecule has 0 spiro atoms. The van der Waals surface area contributed by atoms with E-state index in [0.29, 0.717) is 16.3 Å². The summed E-state index contributed by atoms with van der Waals surface area (Å²) < 4.78 is 7.00. The first-order valence-electron chi connectivity index (χ1n) is 6.26. The van der Waals surface area contributed by atoms with Gasteiger partial charge in [0, 0.05) is 6.07 Å². The summed E-state index contributed by atoms with van der Waals surface area (Å²) in [4.78, 5) is 16.9. The Morgan fingerprint density at radius 1 is 1.33 bits per heavy atom. The van der Waals surface area contributed by atoms with Crippen LogP contribution in [0, 0.1) is 13.8 Å². The van der Waals surface area contributed by atoms with Gasteiger partial charge in [0.15, 0.2) is 0 Å². The Bertz CT molecular complexity index is 780. The van der Waals surface area contributed by atoms with Gasteiger partial charge in [-0.05, 0) is 26.0 Å². The summed E-state index contributed by atoms with van der Waals surface area (Å²) in [6.07, 6.45) is 3.31. The zero-order valence-corrected chi connectivity index (χ0v) is 12.3. The minimum absolute atomic E-state index is 0.395. The lowest BCUT2D eigenvalue weighted by molar-refractivity contribution is 0.0739. The highest BCUT2D eigenvalue weighted by Gasteiger charge is 2.16. The third kappa shape index (κ3) is 2.82. The van der Waals surface area contributed by atoms with Gasteiger partial charge in [-0.15, -0.1) is 16.4 Å². The van der Waals surface area contributed by atoms with Crippen molar-refractivity contribution in [3.05, 3.63) is 52.2 Å². The second kappa shape index (κ2) is 5.45. The number of thiazole rings is 1. The highest BCUT2D eigenvalue weighted by atomic mass is 32.1. The Labute approximate surface area is 125 Å². The highest BCUT2D eigenvalue weighted by molar-refractivity contribution is 7.13. The molecule has 106 valence electrons. The Morgan fingerprint density at radius 3 is 2.86 bits per heavy atom. The van der Waals surface area contributed by atoms with Crippen LogP contribution >= 0.6 is 11.3 Å². The second-order valence-corrected chi connectivity index (χ2v) is 5.59. The van der Waals surface area contributed by atoms with Crippen LogP contribution in [0.2, 0.25) is 0 Å². The maximum Gasteiger partial charge on any atom is 0.355 e. The fourth-order valence-corrected chi connectivity index (χ4v) is 2.71. The van der Waals surface area contributed by atoms with E-state index in [0.717, 1.165) is 10.7 Å². The van der Waals surface area contributed by atoms with Gasteiger partial charge >= 0.3 is 5.97 Å². The van der Waals surface area contributed by atoms with Gasteiger partial charge in [-0.2, -0.15) is 0 Å². The van der Waals surface area contributed by atoms with Gasteiger partial charge in [0.25, 0.3) is 0 Å². The SMILES string of the molecule is Cc1nc(C)c(C(=O)Oc2cccc(-n3ccnn3)c2)s1. The quantitative estimate of drug-likeness (QED) is 0.549. The van der Waals surface area contributed by atoms with Crippen LogP contribution in [-0.2, 0) is 0 Å². The molecule has 0 amide bonds. The largest absolute Gasteiger partial charge is 0.422 e. The Morgan fingerprint density at radius 2 is 2.19 bits per heavy atom. The second-order valence-electron chi connectivity index (χ2n) is 4.38. The number of carbonyl (C=O) groups excluding carboxylic acids is 1. The van der Waals surface area contributed by atoms with Gasteiger partial charge in [0.05, 0.1) is 28.8 Å². The number of ether oxygens (including phenoxy) is 1. The predicted molar refractivity (Wildman–Crippen MR) is 77.9 cm³/mol. The molecule has 0 saturated carbocycles. The van der Waals surface area contributed by atoms with Crippen LogP contribution in [-0.4, -0.2) is 25.9 Å². The van der Waals surface area contributed by atoms with Crippen molar-refractivity contribution in [1.29, 1.82) is 0 Å². The summed E-state index contributed by atoms with van der Waals surface area (Å²) >= 11 is 1.33. The fourth-order valence-electron chi connectivity index (χ4n) is 1.91. The number of aryl methyl sites for hydroxylation is 2. The molecule has 0 atom stereocenters. The van der Waals surface area contributed by atoms with Crippen LogP contribution < -0.4 is 4.74 Å². The molecule has 21 heavy (non-hydrogen) atoms. The van der Waals surface area contributed by atoms with E-state index < -0.39 is 5.97 Å². The number of aromatic nitrogens is 4. The first-order valence-corrected chi connectivity index (χ1v) is 7.08. The third-order valence-electron chi connectivity index (χ3n) is 2.80. The molecule has 3 rings (SSSR count). The molecule has 7 heteroatoms. The lowest BCUT2D eigenvalue weighted by Crippen LogP contribution is -2.08. The Kier molecular flexibility index (Phi) is 3.49. The summed E-state index contributed by atoms with van der Waals surface area (Å²) in [5.41, 5.74) is 1.46. The number of hydrogen-bond acceptors (Lipinski definition) is 6. The zero-order valence-electron chi connectivity index (χ0n) is 11.5. The number of nitrogens with zero attached hydrogens (tertiary/aromatic N) is 4. The van der Waals surface area contributed by atoms with E-state index in [-0.39, 0.29) is 0 Å². The van der Waals surface area contributed by atoms with E-state index in [1.54, 1.807) is 42.2 Å². The first-order chi connectivity index (χ1) is 10.1. The maximum absolute atomic E-state index is 12.2. The topological polar surface area (TPSA) is 69.9 Å². The summed E-state index contributed by atoms with van der Waals surface area (Å²) in [5, 5.41) is 8.49. The van der Waals surface area contributed by atoms with E-state index in [1.807, 2.05) is 13.0 Å². The van der Waals surface area contributed by atoms with Crippen LogP contribution in [0.3, 0.4) is 0 Å². The number of esters is 1. The van der Waals surface area contributed by atoms with Gasteiger partial charge < -0.3 is 4.74 Å². The molecule has 0 aliphatic heterocycles. The molecular weight excluding hydrogens is 288 g/mol. The van der Waals surface area contributed by atoms with Crippen molar-refractivity contribution < 1.29 is 9.53 Å². The van der Waals surface area contributed by atoms with Crippen LogP contribution in [0.25, 0.3) is 5.69 Å². The number of hydrogen-bond donors (Lipinski definition) is 0. The minimum Gasteiger partial charge on any atom is -0.422 e. The minimum atomic E-state index is -0.395. The van der Waals surface area contributed by atoms with Crippen LogP contribution in [0.15, 0.2) is 36.7 Å². The first kappa shape index (κ1) is 13.4. The van der Waals surface area contributed by atoms with Gasteiger partial charge in [-0.25, -0.2) is 14.5 Å². The van der Waals surface area contributed by atoms with Crippen molar-refractivity contribution in [2.45, 2.75) is 13.8 Å². The van der Waals surface area contributed by atoms with Crippen LogP contribution in [0.5, 0.6) is 5.75 Å². The molecular formula is C14H12N4O2S. The van der Waals surface area contributed by atoms with Gasteiger partial charge in [0.1, 0.15) is 10.6 Å². The zero-order chi connectivity index (χ0) is 14.8. The lowest BCUT2D eigenvalue weighted by atomic mass is 10.3. The van der Waals surface area contributed by atoms with Crippen LogP contribution in [0.1, 0.15) is 20.4 Å². The molecule has 0 aliphatic rings. The fraction of sp³-hybridized carbons (Fsp3) is 0.143. The van der Waals surface area contributed by atoms with Crippen molar-refractivity contribution in [2.24, 2.45) is 0 Å². The Hall–Kier alpha value is -2.54. The molecule has 0 saturated heterocycles. The average Bonchev–Trinajstić information content (AvgIpc) is 3.08. The van der Waals surface area contributed by atoms with E-state index in [4.69, 9.17) is 4.74 Å². The highest BCUT2D eigenvalue weighted by Crippen LogP contribution is 2.21. The van der Waals surface area contributed by atoms with Gasteiger partial charge in [-0.1, -0.05) is 11.3 Å². The van der Waals surface area contributed by atoms with E-state index in [1.165, 1.54) is 11.3 Å². The summed E-state index contributed by atoms with van der Waals surface area (Å²) in [6.45, 7) is 3.66. The molecule has 2 heterocycles. The molecule has 1 aromatic carbocycles. The summed E-state index contributed by atoms with van der Waals surface area (Å²) in [5.74, 6) is 0.0623. The number of rotatable bonds is 3. The van der Waals surface area contributed by atoms with Gasteiger partial charge in [0.2, 0.25) is 0 Å². The summed E-state index contributed by atoms with van der Waals surface area (Å²) in [7, 11) is 0. The standard InChI is InChI=1S/C14H12N4O2S/c1-9-13(21-10(2)16-9)14(19)20-12-5-3-4-11(8-12)18-7-6-15-17-18/h3-8H,1-2H3. The summed E-state index contributed by atoms with van der Waals surface area (Å²) in [6, 6.07) is 7.11. The molecule has 0 N–H and O–H groups in total. The van der Waals surface area contributed by atoms with Crippen LogP contribution in [0.4, 0.5) is 0 Å². The molecule has 0 aliphatic carbocycles. The van der Waals surface area contributed by atoms with Crippen molar-refractivity contribution >= 4 is 17.3 Å². The van der Waals surface area contributed by atoms with Crippen molar-refractivity contribution in [2.75, 3.05) is 0 Å². The Balaban J connectivity index is 1.84. The van der Waals surface area contributed by atoms with Crippen molar-refractivity contribution in [3.8, 4) is 11.4 Å². The van der Waals surface area contributed by atoms with Crippen molar-refractivity contribution in [3.63, 3.8) is 0 Å². The van der Waals surface area contributed by atoms with Gasteiger partial charge in [-0.3, -0.25) is 0 Å². The number of benzene rings is 1. The molecule has 3 aromatic rings. The van der Waals surface area contributed by atoms with E-state index >= 15 is 0 Å². The maximum atomic E-state index is 12.2. The molecule has 6 nitrogen and oxygen atoms in total. The lowest BCUT2D eigenvalue weighted by Gasteiger charge is -2.05. The molecule has 0 unspecified atom stereocenters. The molecule has 2 aromatic heterocycles. The van der Waals surface area contributed by atoms with E-state index in [2.05, 4.69) is 15.3 Å². The third-order valence-corrected chi connectivity index (χ3v) is 3.86. The number of carbonyl (C=O) groups is 1. The average molecular weight is 300 g/mol. The normalized spacial score (nSPS) is 10.6. The monoisotopic (exact) mass is 300 g/mol. The predicted octanol–water partition coefficient (Wildman–Crippen LogP) is 2.56. The molecule has 0 radical (unpaired) electrons. The molecule has 0 fully saturated rings. The van der Waals surface area contributed by atoms with Crippen molar-refractivity contribution in [1.82, 2.24) is 20.0 Å². The molecule has 0 bridgehead atoms. The smallest absolute Gasteiger partial charge is 0.355 e. The van der Waals surface area contributed by atoms with E-state index in [9.17, 15) is 4.79 Å².